The molecule has 86 valence electrons. The maximum Gasteiger partial charge on any atom is 0.259 e. The van der Waals surface area contributed by atoms with Crippen molar-refractivity contribution >= 4 is 38.8 Å². The van der Waals surface area contributed by atoms with Crippen LogP contribution in [0.2, 0.25) is 0 Å². The normalized spacial score (nSPS) is 17.2. The number of thioether (sulfide) groups is 1. The molecule has 4 nitrogen and oxygen atoms in total. The molecule has 1 aliphatic rings. The van der Waals surface area contributed by atoms with Crippen LogP contribution in [0, 0.1) is 11.5 Å². The molecule has 17 heavy (non-hydrogen) atoms. The maximum atomic E-state index is 12.2. The fourth-order valence-electron chi connectivity index (χ4n) is 1.47. The second-order valence-electron chi connectivity index (χ2n) is 3.31. The molecule has 0 spiro atoms. The molecule has 1 amide bonds. The average Bonchev–Trinajstić information content (AvgIpc) is 2.78. The number of nitriles is 1. The van der Waals surface area contributed by atoms with Crippen LogP contribution < -0.4 is 0 Å². The van der Waals surface area contributed by atoms with Crippen molar-refractivity contribution < 1.29 is 4.79 Å². The number of hydrogen-bond donors (Lipinski definition) is 0. The average molecular weight is 310 g/mol. The predicted octanol–water partition coefficient (Wildman–Crippen LogP) is 2.48. The van der Waals surface area contributed by atoms with E-state index in [1.807, 2.05) is 12.1 Å². The first-order valence-corrected chi connectivity index (χ1v) is 6.67. The quantitative estimate of drug-likeness (QED) is 0.749. The molecule has 1 fully saturated rings. The van der Waals surface area contributed by atoms with Crippen molar-refractivity contribution in [1.29, 1.82) is 5.26 Å². The van der Waals surface area contributed by atoms with Crippen molar-refractivity contribution in [2.45, 2.75) is 0 Å². The summed E-state index contributed by atoms with van der Waals surface area (Å²) in [6.45, 7) is 0.597. The molecule has 1 aliphatic heterocycles. The topological polar surface area (TPSA) is 56.5 Å². The Morgan fingerprint density at radius 3 is 2.82 bits per heavy atom. The van der Waals surface area contributed by atoms with Crippen molar-refractivity contribution in [3.05, 3.63) is 34.3 Å². The lowest BCUT2D eigenvalue weighted by atomic mass is 10.2. The van der Waals surface area contributed by atoms with Gasteiger partial charge in [0, 0.05) is 22.3 Å². The van der Waals surface area contributed by atoms with Crippen LogP contribution in [-0.2, 0) is 0 Å². The summed E-state index contributed by atoms with van der Waals surface area (Å²) in [5.41, 5.74) is 0.598. The van der Waals surface area contributed by atoms with Gasteiger partial charge in [0.2, 0.25) is 6.19 Å². The molecular weight excluding hydrogens is 302 g/mol. The van der Waals surface area contributed by atoms with Crippen molar-refractivity contribution in [3.63, 3.8) is 0 Å². The number of aliphatic imine (C=N–C) groups is 1. The standard InChI is InChI=1S/C11H8BrN3OS/c12-9-3-1-8(2-4-9)10(16)15-5-6-17-11(15)14-7-13/h1-4H,5-6H2. The highest BCUT2D eigenvalue weighted by atomic mass is 79.9. The highest BCUT2D eigenvalue weighted by Gasteiger charge is 2.26. The number of benzene rings is 1. The van der Waals surface area contributed by atoms with Crippen LogP contribution in [0.4, 0.5) is 0 Å². The molecule has 6 heteroatoms. The van der Waals surface area contributed by atoms with E-state index in [9.17, 15) is 4.79 Å². The molecule has 0 atom stereocenters. The van der Waals surface area contributed by atoms with E-state index in [1.165, 1.54) is 16.7 Å². The SMILES string of the molecule is N#CN=C1SCCN1C(=O)c1ccc(Br)cc1. The third-order valence-electron chi connectivity index (χ3n) is 2.26. The van der Waals surface area contributed by atoms with Gasteiger partial charge >= 0.3 is 0 Å². The number of carbonyl (C=O) groups is 1. The van der Waals surface area contributed by atoms with Gasteiger partial charge in [-0.2, -0.15) is 5.26 Å². The molecule has 0 aromatic heterocycles. The van der Waals surface area contributed by atoms with Gasteiger partial charge in [-0.25, -0.2) is 0 Å². The molecule has 1 saturated heterocycles. The van der Waals surface area contributed by atoms with E-state index in [0.29, 0.717) is 17.3 Å². The number of halogens is 1. The van der Waals surface area contributed by atoms with E-state index in [-0.39, 0.29) is 5.91 Å². The molecule has 2 rings (SSSR count). The summed E-state index contributed by atoms with van der Waals surface area (Å²) in [5.74, 6) is 0.666. The van der Waals surface area contributed by atoms with Gasteiger partial charge in [-0.05, 0) is 24.3 Å². The highest BCUT2D eigenvalue weighted by molar-refractivity contribution is 9.10. The zero-order valence-electron chi connectivity index (χ0n) is 8.76. The number of amidine groups is 1. The summed E-state index contributed by atoms with van der Waals surface area (Å²) in [4.78, 5) is 17.3. The number of carbonyl (C=O) groups excluding carboxylic acids is 1. The van der Waals surface area contributed by atoms with Crippen LogP contribution in [0.5, 0.6) is 0 Å². The minimum atomic E-state index is -0.114. The molecule has 0 N–H and O–H groups in total. The van der Waals surface area contributed by atoms with E-state index < -0.39 is 0 Å². The lowest BCUT2D eigenvalue weighted by molar-refractivity contribution is 0.0859. The number of rotatable bonds is 1. The first-order chi connectivity index (χ1) is 8.22. The van der Waals surface area contributed by atoms with Gasteiger partial charge in [0.15, 0.2) is 5.17 Å². The fourth-order valence-corrected chi connectivity index (χ4v) is 2.63. The Balaban J connectivity index is 2.23. The lowest BCUT2D eigenvalue weighted by Gasteiger charge is -2.14. The first kappa shape index (κ1) is 12.1. The Morgan fingerprint density at radius 1 is 1.47 bits per heavy atom. The Bertz CT molecular complexity index is 506. The lowest BCUT2D eigenvalue weighted by Crippen LogP contribution is -2.31. The highest BCUT2D eigenvalue weighted by Crippen LogP contribution is 2.21. The van der Waals surface area contributed by atoms with Gasteiger partial charge in [-0.1, -0.05) is 27.7 Å². The predicted molar refractivity (Wildman–Crippen MR) is 70.7 cm³/mol. The molecule has 0 saturated carbocycles. The van der Waals surface area contributed by atoms with Crippen molar-refractivity contribution in [2.75, 3.05) is 12.3 Å². The van der Waals surface area contributed by atoms with Crippen LogP contribution in [0.3, 0.4) is 0 Å². The van der Waals surface area contributed by atoms with Crippen LogP contribution in [-0.4, -0.2) is 28.3 Å². The summed E-state index contributed by atoms with van der Waals surface area (Å²) >= 11 is 4.74. The summed E-state index contributed by atoms with van der Waals surface area (Å²) in [5, 5.41) is 9.02. The van der Waals surface area contributed by atoms with Crippen molar-refractivity contribution in [1.82, 2.24) is 4.90 Å². The van der Waals surface area contributed by atoms with Gasteiger partial charge in [0.05, 0.1) is 0 Å². The Labute approximate surface area is 111 Å². The summed E-state index contributed by atoms with van der Waals surface area (Å²) in [6, 6.07) is 7.13. The smallest absolute Gasteiger partial charge is 0.259 e. The van der Waals surface area contributed by atoms with E-state index in [1.54, 1.807) is 18.3 Å². The van der Waals surface area contributed by atoms with E-state index in [4.69, 9.17) is 5.26 Å². The van der Waals surface area contributed by atoms with E-state index in [2.05, 4.69) is 20.9 Å². The van der Waals surface area contributed by atoms with Crippen molar-refractivity contribution in [3.8, 4) is 6.19 Å². The van der Waals surface area contributed by atoms with Gasteiger partial charge in [0.25, 0.3) is 5.91 Å². The summed E-state index contributed by atoms with van der Waals surface area (Å²) < 4.78 is 0.927. The molecule has 0 radical (unpaired) electrons. The third kappa shape index (κ3) is 2.68. The fraction of sp³-hybridized carbons (Fsp3) is 0.182. The number of amides is 1. The zero-order chi connectivity index (χ0) is 12.3. The van der Waals surface area contributed by atoms with Crippen molar-refractivity contribution in [2.24, 2.45) is 4.99 Å². The molecule has 1 aromatic rings. The number of hydrogen-bond acceptors (Lipinski definition) is 4. The Morgan fingerprint density at radius 2 is 2.18 bits per heavy atom. The van der Waals surface area contributed by atoms with E-state index >= 15 is 0 Å². The largest absolute Gasteiger partial charge is 0.286 e. The number of nitrogens with zero attached hydrogens (tertiary/aromatic N) is 3. The minimum absolute atomic E-state index is 0.114. The van der Waals surface area contributed by atoms with Crippen LogP contribution in [0.15, 0.2) is 33.7 Å². The summed E-state index contributed by atoms with van der Waals surface area (Å²) in [6.07, 6.45) is 1.72. The summed E-state index contributed by atoms with van der Waals surface area (Å²) in [7, 11) is 0. The molecule has 1 heterocycles. The van der Waals surface area contributed by atoms with Crippen LogP contribution in [0.1, 0.15) is 10.4 Å². The monoisotopic (exact) mass is 309 g/mol. The maximum absolute atomic E-state index is 12.2. The second kappa shape index (κ2) is 5.34. The van der Waals surface area contributed by atoms with Crippen LogP contribution in [0.25, 0.3) is 0 Å². The minimum Gasteiger partial charge on any atom is -0.286 e. The molecule has 0 bridgehead atoms. The van der Waals surface area contributed by atoms with Crippen LogP contribution >= 0.6 is 27.7 Å². The first-order valence-electron chi connectivity index (χ1n) is 4.89. The Hall–Kier alpha value is -1.32. The second-order valence-corrected chi connectivity index (χ2v) is 5.28. The molecular formula is C11H8BrN3OS. The zero-order valence-corrected chi connectivity index (χ0v) is 11.2. The van der Waals surface area contributed by atoms with Gasteiger partial charge in [0.1, 0.15) is 0 Å². The molecule has 1 aromatic carbocycles. The molecule has 0 unspecified atom stereocenters. The van der Waals surface area contributed by atoms with Gasteiger partial charge < -0.3 is 0 Å². The molecule has 0 aliphatic carbocycles. The third-order valence-corrected chi connectivity index (χ3v) is 3.74. The Kier molecular flexibility index (Phi) is 3.82. The van der Waals surface area contributed by atoms with Gasteiger partial charge in [-0.15, -0.1) is 4.99 Å². The van der Waals surface area contributed by atoms with E-state index in [0.717, 1.165) is 10.2 Å². The van der Waals surface area contributed by atoms with Gasteiger partial charge in [-0.3, -0.25) is 9.69 Å².